The van der Waals surface area contributed by atoms with Gasteiger partial charge in [-0.05, 0) is 0 Å². The van der Waals surface area contributed by atoms with Crippen LogP contribution in [0, 0.1) is 0 Å². The van der Waals surface area contributed by atoms with E-state index in [4.69, 9.17) is 43.6 Å². The summed E-state index contributed by atoms with van der Waals surface area (Å²) < 4.78 is 37.1. The molecule has 0 fully saturated rings. The van der Waals surface area contributed by atoms with Crippen molar-refractivity contribution in [1.82, 2.24) is 11.0 Å². The minimum atomic E-state index is 0.405. The predicted octanol–water partition coefficient (Wildman–Crippen LogP) is -0.940. The van der Waals surface area contributed by atoms with Gasteiger partial charge in [0.05, 0.1) is 92.5 Å². The van der Waals surface area contributed by atoms with Crippen LogP contribution in [0.2, 0.25) is 0 Å². The molecule has 164 valence electrons. The van der Waals surface area contributed by atoms with E-state index in [2.05, 4.69) is 0 Å². The Hall–Kier alpha value is -0.440. The molecule has 0 saturated carbocycles. The number of hydrogen-bond donors (Lipinski definition) is 4. The molecule has 0 amide bonds. The standard InChI is InChI=1S/C16H36N2O9/c19-17-1-3-21-5-7-23-9-11-25-13-15-27-16-14-26-12-10-24-8-6-22-4-2-18-20/h17-20H,1-16H2. The third kappa shape index (κ3) is 25.6. The third-order valence-electron chi connectivity index (χ3n) is 2.95. The molecule has 0 aromatic carbocycles. The molecule has 0 aromatic heterocycles. The highest BCUT2D eigenvalue weighted by Crippen LogP contribution is 1.85. The van der Waals surface area contributed by atoms with Crippen LogP contribution in [-0.2, 0) is 33.2 Å². The van der Waals surface area contributed by atoms with Crippen molar-refractivity contribution in [3.63, 3.8) is 0 Å². The zero-order valence-corrected chi connectivity index (χ0v) is 16.1. The first-order valence-electron chi connectivity index (χ1n) is 9.20. The third-order valence-corrected chi connectivity index (χ3v) is 2.95. The second-order valence-electron chi connectivity index (χ2n) is 5.10. The second kappa shape index (κ2) is 25.6. The van der Waals surface area contributed by atoms with Crippen LogP contribution in [0.3, 0.4) is 0 Å². The lowest BCUT2D eigenvalue weighted by molar-refractivity contribution is -0.0214. The van der Waals surface area contributed by atoms with E-state index >= 15 is 0 Å². The number of ether oxygens (including phenoxy) is 7. The van der Waals surface area contributed by atoms with Crippen molar-refractivity contribution < 1.29 is 43.6 Å². The highest BCUT2D eigenvalue weighted by Gasteiger charge is 1.94. The first kappa shape index (κ1) is 26.6. The first-order valence-corrected chi connectivity index (χ1v) is 9.20. The van der Waals surface area contributed by atoms with Crippen LogP contribution in [0.5, 0.6) is 0 Å². The zero-order chi connectivity index (χ0) is 19.7. The van der Waals surface area contributed by atoms with Crippen LogP contribution < -0.4 is 11.0 Å². The van der Waals surface area contributed by atoms with Gasteiger partial charge in [-0.1, -0.05) is 0 Å². The molecule has 11 nitrogen and oxygen atoms in total. The van der Waals surface area contributed by atoms with E-state index in [1.165, 1.54) is 0 Å². The van der Waals surface area contributed by atoms with Gasteiger partial charge in [0.2, 0.25) is 0 Å². The second-order valence-corrected chi connectivity index (χ2v) is 5.10. The van der Waals surface area contributed by atoms with Gasteiger partial charge in [-0.15, -0.1) is 0 Å². The Morgan fingerprint density at radius 1 is 0.333 bits per heavy atom. The van der Waals surface area contributed by atoms with E-state index in [9.17, 15) is 0 Å². The predicted molar refractivity (Wildman–Crippen MR) is 95.3 cm³/mol. The maximum Gasteiger partial charge on any atom is 0.0701 e. The van der Waals surface area contributed by atoms with Crippen LogP contribution >= 0.6 is 0 Å². The summed E-state index contributed by atoms with van der Waals surface area (Å²) in [7, 11) is 0. The van der Waals surface area contributed by atoms with E-state index in [1.807, 2.05) is 11.0 Å². The van der Waals surface area contributed by atoms with E-state index in [0.29, 0.717) is 106 Å². The Morgan fingerprint density at radius 3 is 0.704 bits per heavy atom. The molecule has 11 heteroatoms. The lowest BCUT2D eigenvalue weighted by atomic mass is 10.6. The molecule has 0 heterocycles. The maximum atomic E-state index is 8.33. The fourth-order valence-electron chi connectivity index (χ4n) is 1.66. The van der Waals surface area contributed by atoms with Crippen molar-refractivity contribution in [1.29, 1.82) is 0 Å². The lowest BCUT2D eigenvalue weighted by Crippen LogP contribution is -2.17. The summed E-state index contributed by atoms with van der Waals surface area (Å²) in [6.45, 7) is 7.77. The Bertz CT molecular complexity index is 242. The molecular weight excluding hydrogens is 364 g/mol. The molecule has 4 N–H and O–H groups in total. The maximum absolute atomic E-state index is 8.33. The topological polar surface area (TPSA) is 129 Å². The van der Waals surface area contributed by atoms with Crippen molar-refractivity contribution in [3.8, 4) is 0 Å². The molecule has 0 bridgehead atoms. The molecule has 27 heavy (non-hydrogen) atoms. The number of hydroxylamine groups is 2. The van der Waals surface area contributed by atoms with Gasteiger partial charge in [0.15, 0.2) is 0 Å². The molecule has 0 saturated heterocycles. The smallest absolute Gasteiger partial charge is 0.0701 e. The summed E-state index contributed by atoms with van der Waals surface area (Å²) in [6.07, 6.45) is 0. The zero-order valence-electron chi connectivity index (χ0n) is 16.1. The molecule has 0 aliphatic rings. The van der Waals surface area contributed by atoms with Gasteiger partial charge in [-0.3, -0.25) is 0 Å². The Labute approximate surface area is 161 Å². The van der Waals surface area contributed by atoms with Gasteiger partial charge in [-0.25, -0.2) is 11.0 Å². The number of nitrogens with one attached hydrogen (secondary N) is 2. The minimum Gasteiger partial charge on any atom is -0.378 e. The fourth-order valence-corrected chi connectivity index (χ4v) is 1.66. The van der Waals surface area contributed by atoms with Gasteiger partial charge in [-0.2, -0.15) is 0 Å². The summed E-state index contributed by atoms with van der Waals surface area (Å²) >= 11 is 0. The van der Waals surface area contributed by atoms with Crippen LogP contribution in [0.4, 0.5) is 0 Å². The Morgan fingerprint density at radius 2 is 0.519 bits per heavy atom. The molecule has 0 aromatic rings. The first-order chi connectivity index (χ1) is 13.4. The SMILES string of the molecule is ONCCOCCOCCOCCOCCOCCOCCOCCNO. The van der Waals surface area contributed by atoms with Crippen LogP contribution in [-0.4, -0.2) is 116 Å². The molecular formula is C16H36N2O9. The Kier molecular flexibility index (Phi) is 25.1. The molecule has 0 radical (unpaired) electrons. The van der Waals surface area contributed by atoms with Crippen molar-refractivity contribution in [3.05, 3.63) is 0 Å². The van der Waals surface area contributed by atoms with Crippen molar-refractivity contribution in [2.45, 2.75) is 0 Å². The van der Waals surface area contributed by atoms with Crippen molar-refractivity contribution >= 4 is 0 Å². The average molecular weight is 400 g/mol. The quantitative estimate of drug-likeness (QED) is 0.118. The minimum absolute atomic E-state index is 0.405. The molecule has 0 atom stereocenters. The van der Waals surface area contributed by atoms with Gasteiger partial charge in [0, 0.05) is 13.1 Å². The van der Waals surface area contributed by atoms with Crippen molar-refractivity contribution in [2.24, 2.45) is 0 Å². The monoisotopic (exact) mass is 400 g/mol. The summed E-state index contributed by atoms with van der Waals surface area (Å²) in [5.74, 6) is 0. The molecule has 0 aliphatic carbocycles. The van der Waals surface area contributed by atoms with Gasteiger partial charge >= 0.3 is 0 Å². The summed E-state index contributed by atoms with van der Waals surface area (Å²) in [5, 5.41) is 16.7. The highest BCUT2D eigenvalue weighted by atomic mass is 16.6. The summed E-state index contributed by atoms with van der Waals surface area (Å²) in [4.78, 5) is 0. The van der Waals surface area contributed by atoms with Gasteiger partial charge in [0.25, 0.3) is 0 Å². The average Bonchev–Trinajstić information content (AvgIpc) is 2.68. The summed E-state index contributed by atoms with van der Waals surface area (Å²) in [6, 6.07) is 0. The van der Waals surface area contributed by atoms with E-state index < -0.39 is 0 Å². The van der Waals surface area contributed by atoms with E-state index in [1.54, 1.807) is 0 Å². The van der Waals surface area contributed by atoms with Crippen LogP contribution in [0.15, 0.2) is 0 Å². The largest absolute Gasteiger partial charge is 0.378 e. The highest BCUT2D eigenvalue weighted by molar-refractivity contribution is 4.38. The van der Waals surface area contributed by atoms with Crippen molar-refractivity contribution in [2.75, 3.05) is 106 Å². The van der Waals surface area contributed by atoms with Crippen LogP contribution in [0.1, 0.15) is 0 Å². The van der Waals surface area contributed by atoms with Gasteiger partial charge in [0.1, 0.15) is 0 Å². The van der Waals surface area contributed by atoms with Gasteiger partial charge < -0.3 is 43.6 Å². The number of rotatable bonds is 24. The normalized spacial score (nSPS) is 11.3. The molecule has 0 aliphatic heterocycles. The lowest BCUT2D eigenvalue weighted by Gasteiger charge is -2.08. The molecule has 0 rings (SSSR count). The summed E-state index contributed by atoms with van der Waals surface area (Å²) in [5.41, 5.74) is 4.02. The van der Waals surface area contributed by atoms with E-state index in [0.717, 1.165) is 0 Å². The Balaban J connectivity index is 2.95. The number of hydrogen-bond acceptors (Lipinski definition) is 11. The van der Waals surface area contributed by atoms with E-state index in [-0.39, 0.29) is 0 Å². The molecule has 0 unspecified atom stereocenters. The fraction of sp³-hybridized carbons (Fsp3) is 1.00. The molecule has 0 spiro atoms. The van der Waals surface area contributed by atoms with Crippen LogP contribution in [0.25, 0.3) is 0 Å².